The molecule has 1 unspecified atom stereocenters. The van der Waals surface area contributed by atoms with Crippen molar-refractivity contribution in [2.45, 2.75) is 89.0 Å². The minimum atomic E-state index is -4.93. The van der Waals surface area contributed by atoms with Crippen molar-refractivity contribution in [3.63, 3.8) is 0 Å². The van der Waals surface area contributed by atoms with Crippen LogP contribution in [0.25, 0.3) is 0 Å². The molecule has 0 saturated carbocycles. The van der Waals surface area contributed by atoms with Crippen molar-refractivity contribution in [3.8, 4) is 5.75 Å². The molecule has 0 bridgehead atoms. The van der Waals surface area contributed by atoms with Gasteiger partial charge < -0.3 is 19.6 Å². The summed E-state index contributed by atoms with van der Waals surface area (Å²) in [6, 6.07) is 5.63. The summed E-state index contributed by atoms with van der Waals surface area (Å²) in [6.07, 6.45) is -8.40. The maximum atomic E-state index is 15.3. The van der Waals surface area contributed by atoms with Crippen molar-refractivity contribution in [2.75, 3.05) is 6.54 Å². The van der Waals surface area contributed by atoms with Gasteiger partial charge in [0, 0.05) is 54.6 Å². The first kappa shape index (κ1) is 37.4. The molecule has 270 valence electrons. The summed E-state index contributed by atoms with van der Waals surface area (Å²) in [6.45, 7) is 3.29. The number of pyridine rings is 1. The number of likely N-dealkylation sites (tertiary alicyclic amines) is 1. The molecule has 4 heterocycles. The second-order valence-electron chi connectivity index (χ2n) is 12.6. The number of halogens is 7. The van der Waals surface area contributed by atoms with Gasteiger partial charge in [0.25, 0.3) is 11.8 Å². The molecule has 2 aromatic heterocycles. The van der Waals surface area contributed by atoms with E-state index in [2.05, 4.69) is 4.98 Å². The number of rotatable bonds is 9. The van der Waals surface area contributed by atoms with Crippen LogP contribution in [-0.4, -0.2) is 61.9 Å². The van der Waals surface area contributed by atoms with Gasteiger partial charge in [0.15, 0.2) is 0 Å². The fourth-order valence-electron chi connectivity index (χ4n) is 7.04. The number of piperidine rings is 1. The Hall–Kier alpha value is -3.85. The Balaban J connectivity index is 1.66. The number of amides is 2. The number of carbonyl (C=O) groups excluding carboxylic acids is 2. The summed E-state index contributed by atoms with van der Waals surface area (Å²) >= 11 is 6.61. The Kier molecular flexibility index (Phi) is 10.8. The first-order chi connectivity index (χ1) is 23.5. The predicted octanol–water partition coefficient (Wildman–Crippen LogP) is 8.12. The molecule has 50 heavy (non-hydrogen) atoms. The summed E-state index contributed by atoms with van der Waals surface area (Å²) in [5, 5.41) is 11.2. The standard InChI is InChI=1S/C34H34ClF6N3O5S/c1-3-6-26-32(49-23-16-27(50-18-23)34(39,40)41,10-5-12-43(26)30(47)29-24(33(36,37)38)7-4-11-42-29)31(48)44-17-20-8-9-22(35)14-21(20)15-25(44)19(2)13-28(45)46/h4,7-9,11,14,16,18-19,25-26H,3,5-6,10,12-13,15,17H2,1-2H3,(H,45,46)/t19?,25-,26-,32-/m1/s1. The first-order valence-electron chi connectivity index (χ1n) is 15.9. The highest BCUT2D eigenvalue weighted by Gasteiger charge is 2.57. The topological polar surface area (TPSA) is 100 Å². The number of fused-ring (bicyclic) bond motifs is 1. The van der Waals surface area contributed by atoms with Gasteiger partial charge >= 0.3 is 18.3 Å². The second-order valence-corrected chi connectivity index (χ2v) is 14.0. The molecule has 1 fully saturated rings. The second kappa shape index (κ2) is 14.4. The van der Waals surface area contributed by atoms with Crippen LogP contribution in [0.1, 0.15) is 78.0 Å². The van der Waals surface area contributed by atoms with Crippen LogP contribution in [-0.2, 0) is 34.9 Å². The number of ether oxygens (including phenoxy) is 1. The van der Waals surface area contributed by atoms with E-state index in [9.17, 15) is 41.0 Å². The summed E-state index contributed by atoms with van der Waals surface area (Å²) in [4.78, 5) is 46.5. The molecule has 2 aliphatic rings. The van der Waals surface area contributed by atoms with Crippen LogP contribution in [0.5, 0.6) is 5.75 Å². The maximum Gasteiger partial charge on any atom is 0.425 e. The molecule has 0 aliphatic carbocycles. The zero-order valence-electron chi connectivity index (χ0n) is 27.0. The number of alkyl halides is 6. The van der Waals surface area contributed by atoms with E-state index in [1.54, 1.807) is 32.0 Å². The Morgan fingerprint density at radius 1 is 1.10 bits per heavy atom. The largest absolute Gasteiger partial charge is 0.481 e. The molecule has 5 rings (SSSR count). The Labute approximate surface area is 293 Å². The van der Waals surface area contributed by atoms with Crippen LogP contribution in [0.2, 0.25) is 5.02 Å². The SMILES string of the molecule is CCC[C@H]1N(C(=O)c2ncccc2C(F)(F)F)CCC[C@]1(Oc1csc(C(F)(F)F)c1)C(=O)N1Cc2ccc(Cl)cc2C[C@@H]1C(C)CC(=O)O. The number of benzene rings is 1. The van der Waals surface area contributed by atoms with Gasteiger partial charge in [-0.15, -0.1) is 11.3 Å². The third-order valence-electron chi connectivity index (χ3n) is 9.27. The van der Waals surface area contributed by atoms with Gasteiger partial charge in [0.05, 0.1) is 11.6 Å². The molecule has 2 aliphatic heterocycles. The predicted molar refractivity (Wildman–Crippen MR) is 172 cm³/mol. The van der Waals surface area contributed by atoms with Gasteiger partial charge in [0.2, 0.25) is 5.60 Å². The maximum absolute atomic E-state index is 15.3. The van der Waals surface area contributed by atoms with E-state index < -0.39 is 69.9 Å². The molecular formula is C34H34ClF6N3O5S. The van der Waals surface area contributed by atoms with Gasteiger partial charge in [-0.3, -0.25) is 19.4 Å². The lowest BCUT2D eigenvalue weighted by atomic mass is 9.77. The quantitative estimate of drug-likeness (QED) is 0.222. The highest BCUT2D eigenvalue weighted by Crippen LogP contribution is 2.44. The lowest BCUT2D eigenvalue weighted by Crippen LogP contribution is -2.69. The molecule has 1 saturated heterocycles. The van der Waals surface area contributed by atoms with Gasteiger partial charge in [-0.1, -0.05) is 37.9 Å². The highest BCUT2D eigenvalue weighted by atomic mass is 35.5. The number of hydrogen-bond donors (Lipinski definition) is 1. The van der Waals surface area contributed by atoms with Gasteiger partial charge in [-0.05, 0) is 60.6 Å². The van der Waals surface area contributed by atoms with E-state index in [0.29, 0.717) is 28.3 Å². The average Bonchev–Trinajstić information content (AvgIpc) is 3.53. The summed E-state index contributed by atoms with van der Waals surface area (Å²) in [7, 11) is 0. The third kappa shape index (κ3) is 7.58. The van der Waals surface area contributed by atoms with Gasteiger partial charge in [-0.25, -0.2) is 0 Å². The molecule has 0 spiro atoms. The van der Waals surface area contributed by atoms with Crippen molar-refractivity contribution in [3.05, 3.63) is 80.3 Å². The smallest absolute Gasteiger partial charge is 0.425 e. The van der Waals surface area contributed by atoms with E-state index in [-0.39, 0.29) is 50.9 Å². The van der Waals surface area contributed by atoms with Crippen molar-refractivity contribution in [1.82, 2.24) is 14.8 Å². The number of hydrogen-bond acceptors (Lipinski definition) is 6. The van der Waals surface area contributed by atoms with Crippen LogP contribution >= 0.6 is 22.9 Å². The number of carboxylic acid groups (broad SMARTS) is 1. The zero-order valence-corrected chi connectivity index (χ0v) is 28.6. The molecule has 0 radical (unpaired) electrons. The summed E-state index contributed by atoms with van der Waals surface area (Å²) in [5.74, 6) is -3.84. The highest BCUT2D eigenvalue weighted by molar-refractivity contribution is 7.10. The van der Waals surface area contributed by atoms with Crippen LogP contribution in [0.3, 0.4) is 0 Å². The minimum Gasteiger partial charge on any atom is -0.481 e. The molecule has 4 atom stereocenters. The molecule has 8 nitrogen and oxygen atoms in total. The average molecular weight is 746 g/mol. The van der Waals surface area contributed by atoms with Crippen molar-refractivity contribution >= 4 is 40.7 Å². The van der Waals surface area contributed by atoms with E-state index in [4.69, 9.17) is 16.3 Å². The van der Waals surface area contributed by atoms with Gasteiger partial charge in [-0.2, -0.15) is 26.3 Å². The van der Waals surface area contributed by atoms with Gasteiger partial charge in [0.1, 0.15) is 16.3 Å². The zero-order chi connectivity index (χ0) is 36.6. The molecule has 2 amide bonds. The summed E-state index contributed by atoms with van der Waals surface area (Å²) in [5.41, 5.74) is -2.73. The molecule has 3 aromatic rings. The molecule has 1 N–H and O–H groups in total. The molecular weight excluding hydrogens is 712 g/mol. The minimum absolute atomic E-state index is 0.0340. The van der Waals surface area contributed by atoms with Crippen molar-refractivity contribution in [1.29, 1.82) is 0 Å². The third-order valence-corrected chi connectivity index (χ3v) is 10.5. The fourth-order valence-corrected chi connectivity index (χ4v) is 7.91. The van der Waals surface area contributed by atoms with Crippen LogP contribution < -0.4 is 4.74 Å². The Bertz CT molecular complexity index is 1750. The Morgan fingerprint density at radius 2 is 1.84 bits per heavy atom. The van der Waals surface area contributed by atoms with Crippen molar-refractivity contribution < 1.29 is 50.6 Å². The normalized spacial score (nSPS) is 21.8. The van der Waals surface area contributed by atoms with Crippen LogP contribution in [0.4, 0.5) is 26.3 Å². The van der Waals surface area contributed by atoms with Crippen LogP contribution in [0.15, 0.2) is 48.0 Å². The first-order valence-corrected chi connectivity index (χ1v) is 17.2. The molecule has 1 aromatic carbocycles. The number of carbonyl (C=O) groups is 3. The number of thiophene rings is 1. The summed E-state index contributed by atoms with van der Waals surface area (Å²) < 4.78 is 89.6. The molecule has 16 heteroatoms. The van der Waals surface area contributed by atoms with Crippen molar-refractivity contribution in [2.24, 2.45) is 5.92 Å². The number of carboxylic acids is 1. The fraction of sp³-hybridized carbons (Fsp3) is 0.471. The monoisotopic (exact) mass is 745 g/mol. The van der Waals surface area contributed by atoms with E-state index in [1.807, 2.05) is 0 Å². The lowest BCUT2D eigenvalue weighted by Gasteiger charge is -2.52. The van der Waals surface area contributed by atoms with E-state index in [1.165, 1.54) is 4.90 Å². The van der Waals surface area contributed by atoms with Crippen LogP contribution in [0, 0.1) is 5.92 Å². The van der Waals surface area contributed by atoms with E-state index >= 15 is 4.79 Å². The Morgan fingerprint density at radius 3 is 2.48 bits per heavy atom. The van der Waals surface area contributed by atoms with E-state index in [0.717, 1.165) is 40.2 Å². The number of aromatic nitrogens is 1. The number of nitrogens with zero attached hydrogens (tertiary/aromatic N) is 3. The number of aliphatic carboxylic acids is 1. The lowest BCUT2D eigenvalue weighted by molar-refractivity contribution is -0.165.